The van der Waals surface area contributed by atoms with E-state index < -0.39 is 0 Å². The van der Waals surface area contributed by atoms with Gasteiger partial charge in [-0.2, -0.15) is 0 Å². The molecular formula is C14H14Cl3NO. The monoisotopic (exact) mass is 317 g/mol. The molecule has 0 fully saturated rings. The van der Waals surface area contributed by atoms with Gasteiger partial charge in [-0.3, -0.25) is 0 Å². The molecule has 1 N–H and O–H groups in total. The van der Waals surface area contributed by atoms with E-state index >= 15 is 0 Å². The van der Waals surface area contributed by atoms with Crippen LogP contribution in [0.1, 0.15) is 19.1 Å². The fourth-order valence-electron chi connectivity index (χ4n) is 1.72. The summed E-state index contributed by atoms with van der Waals surface area (Å²) in [5, 5.41) is 4.70. The van der Waals surface area contributed by atoms with Crippen LogP contribution in [0.25, 0.3) is 11.3 Å². The molecule has 0 aliphatic rings. The second-order valence-electron chi connectivity index (χ2n) is 4.19. The van der Waals surface area contributed by atoms with Crippen molar-refractivity contribution in [3.63, 3.8) is 0 Å². The molecule has 1 aromatic carbocycles. The van der Waals surface area contributed by atoms with Gasteiger partial charge in [0.1, 0.15) is 11.5 Å². The van der Waals surface area contributed by atoms with Crippen molar-refractivity contribution in [2.45, 2.75) is 19.9 Å². The van der Waals surface area contributed by atoms with E-state index in [1.165, 1.54) is 0 Å². The first kappa shape index (κ1) is 14.7. The van der Waals surface area contributed by atoms with Gasteiger partial charge in [-0.25, -0.2) is 0 Å². The number of hydrogen-bond acceptors (Lipinski definition) is 2. The zero-order chi connectivity index (χ0) is 13.8. The van der Waals surface area contributed by atoms with E-state index in [9.17, 15) is 0 Å². The van der Waals surface area contributed by atoms with Gasteiger partial charge in [-0.05, 0) is 37.2 Å². The van der Waals surface area contributed by atoms with Crippen LogP contribution in [0.4, 0.5) is 0 Å². The Hall–Kier alpha value is -0.670. The molecule has 0 bridgehead atoms. The Bertz CT molecular complexity index is 566. The number of nitrogens with one attached hydrogen (secondary N) is 1. The smallest absolute Gasteiger partial charge is 0.135 e. The van der Waals surface area contributed by atoms with Gasteiger partial charge in [0.2, 0.25) is 0 Å². The summed E-state index contributed by atoms with van der Waals surface area (Å²) in [6, 6.07) is 7.15. The standard InChI is InChI=1S/C14H14Cl3NO/c1-2-5-18-8-9-3-4-14(19-9)10-6-12(16)13(17)7-11(10)15/h3-4,6-7,18H,2,5,8H2,1H3. The van der Waals surface area contributed by atoms with Crippen molar-refractivity contribution < 1.29 is 4.42 Å². The van der Waals surface area contributed by atoms with Crippen molar-refractivity contribution in [3.05, 3.63) is 45.1 Å². The fraction of sp³-hybridized carbons (Fsp3) is 0.286. The van der Waals surface area contributed by atoms with Gasteiger partial charge < -0.3 is 9.73 Å². The maximum absolute atomic E-state index is 6.15. The molecule has 2 nitrogen and oxygen atoms in total. The Morgan fingerprint density at radius 2 is 1.79 bits per heavy atom. The molecule has 19 heavy (non-hydrogen) atoms. The average molecular weight is 319 g/mol. The van der Waals surface area contributed by atoms with Gasteiger partial charge in [-0.1, -0.05) is 41.7 Å². The quantitative estimate of drug-likeness (QED) is 0.589. The lowest BCUT2D eigenvalue weighted by Gasteiger charge is -2.04. The summed E-state index contributed by atoms with van der Waals surface area (Å²) >= 11 is 18.1. The van der Waals surface area contributed by atoms with E-state index in [0.717, 1.165) is 24.3 Å². The Kier molecular flexibility index (Phi) is 5.17. The van der Waals surface area contributed by atoms with Crippen LogP contribution in [0.5, 0.6) is 0 Å². The predicted molar refractivity (Wildman–Crippen MR) is 81.2 cm³/mol. The van der Waals surface area contributed by atoms with Crippen LogP contribution in [0.3, 0.4) is 0 Å². The van der Waals surface area contributed by atoms with Crippen LogP contribution in [-0.2, 0) is 6.54 Å². The van der Waals surface area contributed by atoms with E-state index in [0.29, 0.717) is 27.4 Å². The van der Waals surface area contributed by atoms with Crippen molar-refractivity contribution in [1.82, 2.24) is 5.32 Å². The summed E-state index contributed by atoms with van der Waals surface area (Å²) in [6.45, 7) is 3.78. The molecule has 0 spiro atoms. The van der Waals surface area contributed by atoms with Crippen molar-refractivity contribution >= 4 is 34.8 Å². The second-order valence-corrected chi connectivity index (χ2v) is 5.41. The molecule has 1 heterocycles. The van der Waals surface area contributed by atoms with E-state index in [1.807, 2.05) is 12.1 Å². The number of hydrogen-bond donors (Lipinski definition) is 1. The van der Waals surface area contributed by atoms with Gasteiger partial charge in [0.15, 0.2) is 0 Å². The van der Waals surface area contributed by atoms with Crippen molar-refractivity contribution in [3.8, 4) is 11.3 Å². The third kappa shape index (κ3) is 3.67. The number of rotatable bonds is 5. The molecule has 0 atom stereocenters. The summed E-state index contributed by atoms with van der Waals surface area (Å²) in [5.74, 6) is 1.56. The normalized spacial score (nSPS) is 10.9. The Morgan fingerprint density at radius 3 is 2.53 bits per heavy atom. The molecular weight excluding hydrogens is 305 g/mol. The first-order chi connectivity index (χ1) is 9.11. The third-order valence-corrected chi connectivity index (χ3v) is 3.70. The van der Waals surface area contributed by atoms with E-state index in [-0.39, 0.29) is 0 Å². The minimum Gasteiger partial charge on any atom is -0.460 e. The second kappa shape index (κ2) is 6.67. The van der Waals surface area contributed by atoms with Crippen LogP contribution in [0.2, 0.25) is 15.1 Å². The minimum atomic E-state index is 0.437. The summed E-state index contributed by atoms with van der Waals surface area (Å²) in [4.78, 5) is 0. The molecule has 102 valence electrons. The van der Waals surface area contributed by atoms with Crippen LogP contribution >= 0.6 is 34.8 Å². The summed E-state index contributed by atoms with van der Waals surface area (Å²) in [5.41, 5.74) is 0.748. The zero-order valence-corrected chi connectivity index (χ0v) is 12.7. The van der Waals surface area contributed by atoms with Gasteiger partial charge in [0, 0.05) is 5.56 Å². The number of furan rings is 1. The summed E-state index contributed by atoms with van der Waals surface area (Å²) < 4.78 is 5.74. The molecule has 2 aromatic rings. The molecule has 0 aliphatic heterocycles. The van der Waals surface area contributed by atoms with Gasteiger partial charge >= 0.3 is 0 Å². The average Bonchev–Trinajstić information content (AvgIpc) is 2.83. The molecule has 1 aromatic heterocycles. The lowest BCUT2D eigenvalue weighted by molar-refractivity contribution is 0.493. The third-order valence-electron chi connectivity index (χ3n) is 2.66. The van der Waals surface area contributed by atoms with Gasteiger partial charge in [0.05, 0.1) is 21.6 Å². The fourth-order valence-corrected chi connectivity index (χ4v) is 2.36. The number of halogens is 3. The highest BCUT2D eigenvalue weighted by Gasteiger charge is 2.11. The first-order valence-electron chi connectivity index (χ1n) is 6.06. The lowest BCUT2D eigenvalue weighted by Crippen LogP contribution is -2.12. The van der Waals surface area contributed by atoms with Crippen molar-refractivity contribution in [2.24, 2.45) is 0 Å². The molecule has 0 unspecified atom stereocenters. The molecule has 2 rings (SSSR count). The van der Waals surface area contributed by atoms with E-state index in [1.54, 1.807) is 12.1 Å². The Morgan fingerprint density at radius 1 is 1.05 bits per heavy atom. The molecule has 0 saturated carbocycles. The molecule has 0 radical (unpaired) electrons. The SMILES string of the molecule is CCCNCc1ccc(-c2cc(Cl)c(Cl)cc2Cl)o1. The topological polar surface area (TPSA) is 25.2 Å². The highest BCUT2D eigenvalue weighted by atomic mass is 35.5. The maximum Gasteiger partial charge on any atom is 0.135 e. The van der Waals surface area contributed by atoms with E-state index in [2.05, 4.69) is 12.2 Å². The summed E-state index contributed by atoms with van der Waals surface area (Å²) in [6.07, 6.45) is 1.09. The first-order valence-corrected chi connectivity index (χ1v) is 7.19. The van der Waals surface area contributed by atoms with Crippen LogP contribution in [-0.4, -0.2) is 6.54 Å². The largest absolute Gasteiger partial charge is 0.460 e. The van der Waals surface area contributed by atoms with Crippen LogP contribution < -0.4 is 5.32 Å². The molecule has 0 saturated heterocycles. The lowest BCUT2D eigenvalue weighted by atomic mass is 10.2. The zero-order valence-electron chi connectivity index (χ0n) is 10.5. The highest BCUT2D eigenvalue weighted by Crippen LogP contribution is 2.35. The van der Waals surface area contributed by atoms with Crippen molar-refractivity contribution in [1.29, 1.82) is 0 Å². The van der Waals surface area contributed by atoms with Crippen LogP contribution in [0, 0.1) is 0 Å². The van der Waals surface area contributed by atoms with Crippen molar-refractivity contribution in [2.75, 3.05) is 6.54 Å². The maximum atomic E-state index is 6.15. The highest BCUT2D eigenvalue weighted by molar-refractivity contribution is 6.44. The minimum absolute atomic E-state index is 0.437. The summed E-state index contributed by atoms with van der Waals surface area (Å²) in [7, 11) is 0. The Balaban J connectivity index is 2.20. The van der Waals surface area contributed by atoms with Crippen LogP contribution in [0.15, 0.2) is 28.7 Å². The van der Waals surface area contributed by atoms with Gasteiger partial charge in [-0.15, -0.1) is 0 Å². The van der Waals surface area contributed by atoms with E-state index in [4.69, 9.17) is 39.2 Å². The number of benzene rings is 1. The molecule has 0 aliphatic carbocycles. The van der Waals surface area contributed by atoms with Gasteiger partial charge in [0.25, 0.3) is 0 Å². The molecule has 0 amide bonds. The predicted octanol–water partition coefficient (Wildman–Crippen LogP) is 5.41. The molecule has 5 heteroatoms. The Labute approximate surface area is 127 Å².